The van der Waals surface area contributed by atoms with Crippen LogP contribution in [-0.4, -0.2) is 22.3 Å². The van der Waals surface area contributed by atoms with Gasteiger partial charge in [-0.1, -0.05) is 23.4 Å². The summed E-state index contributed by atoms with van der Waals surface area (Å²) in [6, 6.07) is 8.06. The van der Waals surface area contributed by atoms with Gasteiger partial charge in [-0.25, -0.2) is 0 Å². The van der Waals surface area contributed by atoms with Crippen molar-refractivity contribution in [3.05, 3.63) is 41.5 Å². The standard InChI is InChI=1S/C15H19N3O2/c1-15(2,16)8-13-17-14(18-20-13)11-7-10-5-3-4-6-12(10)19-9-11/h3-6,11H,7-9,16H2,1-2H3. The summed E-state index contributed by atoms with van der Waals surface area (Å²) < 4.78 is 11.0. The zero-order valence-corrected chi connectivity index (χ0v) is 11.8. The molecule has 1 atom stereocenters. The van der Waals surface area contributed by atoms with Gasteiger partial charge in [-0.2, -0.15) is 4.98 Å². The van der Waals surface area contributed by atoms with Gasteiger partial charge in [0.05, 0.1) is 12.5 Å². The molecule has 20 heavy (non-hydrogen) atoms. The van der Waals surface area contributed by atoms with Gasteiger partial charge in [0.1, 0.15) is 5.75 Å². The summed E-state index contributed by atoms with van der Waals surface area (Å²) in [6.07, 6.45) is 1.45. The lowest BCUT2D eigenvalue weighted by Crippen LogP contribution is -2.34. The molecule has 2 N–H and O–H groups in total. The molecule has 106 valence electrons. The van der Waals surface area contributed by atoms with Crippen LogP contribution in [0.2, 0.25) is 0 Å². The van der Waals surface area contributed by atoms with E-state index in [2.05, 4.69) is 16.2 Å². The van der Waals surface area contributed by atoms with Crippen molar-refractivity contribution in [3.8, 4) is 5.75 Å². The molecule has 0 radical (unpaired) electrons. The summed E-state index contributed by atoms with van der Waals surface area (Å²) in [5, 5.41) is 4.08. The Morgan fingerprint density at radius 1 is 1.35 bits per heavy atom. The summed E-state index contributed by atoms with van der Waals surface area (Å²) in [7, 11) is 0. The number of ether oxygens (including phenoxy) is 1. The van der Waals surface area contributed by atoms with Crippen molar-refractivity contribution in [1.82, 2.24) is 10.1 Å². The Morgan fingerprint density at radius 3 is 2.95 bits per heavy atom. The molecule has 1 unspecified atom stereocenters. The molecule has 1 aromatic carbocycles. The van der Waals surface area contributed by atoms with E-state index in [4.69, 9.17) is 15.0 Å². The number of nitrogens with zero attached hydrogens (tertiary/aromatic N) is 2. The highest BCUT2D eigenvalue weighted by molar-refractivity contribution is 5.36. The number of para-hydroxylation sites is 1. The van der Waals surface area contributed by atoms with E-state index in [1.54, 1.807) is 0 Å². The topological polar surface area (TPSA) is 74.2 Å². The van der Waals surface area contributed by atoms with Gasteiger partial charge in [-0.15, -0.1) is 0 Å². The number of aromatic nitrogens is 2. The van der Waals surface area contributed by atoms with Crippen molar-refractivity contribution >= 4 is 0 Å². The third-order valence-electron chi connectivity index (χ3n) is 3.33. The highest BCUT2D eigenvalue weighted by Crippen LogP contribution is 2.31. The Labute approximate surface area is 118 Å². The molecule has 5 nitrogen and oxygen atoms in total. The molecule has 0 bridgehead atoms. The van der Waals surface area contributed by atoms with Crippen LogP contribution in [0.1, 0.15) is 37.0 Å². The van der Waals surface area contributed by atoms with Crippen LogP contribution in [-0.2, 0) is 12.8 Å². The second-order valence-corrected chi connectivity index (χ2v) is 6.03. The first kappa shape index (κ1) is 13.1. The van der Waals surface area contributed by atoms with E-state index >= 15 is 0 Å². The van der Waals surface area contributed by atoms with Crippen LogP contribution in [0, 0.1) is 0 Å². The number of benzene rings is 1. The molecular formula is C15H19N3O2. The van der Waals surface area contributed by atoms with E-state index < -0.39 is 0 Å². The van der Waals surface area contributed by atoms with Crippen LogP contribution in [0.3, 0.4) is 0 Å². The van der Waals surface area contributed by atoms with E-state index in [0.717, 1.165) is 12.2 Å². The molecule has 1 aliphatic heterocycles. The predicted octanol–water partition coefficient (Wildman–Crippen LogP) is 2.07. The molecule has 0 amide bonds. The molecule has 2 aromatic rings. The fourth-order valence-electron chi connectivity index (χ4n) is 2.39. The number of fused-ring (bicyclic) bond motifs is 1. The van der Waals surface area contributed by atoms with Crippen molar-refractivity contribution in [2.75, 3.05) is 6.61 Å². The Hall–Kier alpha value is -1.88. The number of rotatable bonds is 3. The minimum absolute atomic E-state index is 0.142. The summed E-state index contributed by atoms with van der Waals surface area (Å²) in [5.41, 5.74) is 6.81. The van der Waals surface area contributed by atoms with E-state index in [9.17, 15) is 0 Å². The Morgan fingerprint density at radius 2 is 2.15 bits per heavy atom. The van der Waals surface area contributed by atoms with Crippen molar-refractivity contribution in [3.63, 3.8) is 0 Å². The van der Waals surface area contributed by atoms with Crippen molar-refractivity contribution in [1.29, 1.82) is 0 Å². The molecule has 0 fully saturated rings. The minimum atomic E-state index is -0.348. The van der Waals surface area contributed by atoms with Gasteiger partial charge in [-0.05, 0) is 31.9 Å². The smallest absolute Gasteiger partial charge is 0.228 e. The number of hydrogen-bond acceptors (Lipinski definition) is 5. The fraction of sp³-hybridized carbons (Fsp3) is 0.467. The van der Waals surface area contributed by atoms with Crippen molar-refractivity contribution in [2.24, 2.45) is 5.73 Å². The molecule has 0 spiro atoms. The third kappa shape index (κ3) is 2.82. The quantitative estimate of drug-likeness (QED) is 0.926. The molecule has 0 aliphatic carbocycles. The minimum Gasteiger partial charge on any atom is -0.493 e. The monoisotopic (exact) mass is 273 g/mol. The lowest BCUT2D eigenvalue weighted by Gasteiger charge is -2.22. The second kappa shape index (κ2) is 4.90. The van der Waals surface area contributed by atoms with Crippen molar-refractivity contribution < 1.29 is 9.26 Å². The first-order chi connectivity index (χ1) is 9.51. The maximum absolute atomic E-state index is 5.97. The van der Waals surface area contributed by atoms with E-state index in [-0.39, 0.29) is 11.5 Å². The summed E-state index contributed by atoms with van der Waals surface area (Å²) >= 11 is 0. The average Bonchev–Trinajstić information content (AvgIpc) is 2.84. The lowest BCUT2D eigenvalue weighted by molar-refractivity contribution is 0.253. The first-order valence-corrected chi connectivity index (χ1v) is 6.83. The lowest BCUT2D eigenvalue weighted by atomic mass is 9.96. The highest BCUT2D eigenvalue weighted by atomic mass is 16.5. The Bertz CT molecular complexity index is 601. The second-order valence-electron chi connectivity index (χ2n) is 6.03. The molecule has 0 saturated heterocycles. The maximum atomic E-state index is 5.97. The van der Waals surface area contributed by atoms with Gasteiger partial charge in [-0.3, -0.25) is 0 Å². The van der Waals surface area contributed by atoms with Crippen LogP contribution < -0.4 is 10.5 Å². The normalized spacial score (nSPS) is 18.4. The summed E-state index contributed by atoms with van der Waals surface area (Å²) in [6.45, 7) is 4.47. The maximum Gasteiger partial charge on any atom is 0.228 e. The number of nitrogens with two attached hydrogens (primary N) is 1. The van der Waals surface area contributed by atoms with Gasteiger partial charge in [0.15, 0.2) is 5.82 Å². The SMILES string of the molecule is CC(C)(N)Cc1nc(C2COc3ccccc3C2)no1. The zero-order valence-electron chi connectivity index (χ0n) is 11.8. The van der Waals surface area contributed by atoms with Crippen LogP contribution in [0.4, 0.5) is 0 Å². The molecular weight excluding hydrogens is 254 g/mol. The average molecular weight is 273 g/mol. The Balaban J connectivity index is 1.75. The van der Waals surface area contributed by atoms with E-state index in [1.807, 2.05) is 32.0 Å². The fourth-order valence-corrected chi connectivity index (χ4v) is 2.39. The molecule has 5 heteroatoms. The van der Waals surface area contributed by atoms with Crippen LogP contribution >= 0.6 is 0 Å². The largest absolute Gasteiger partial charge is 0.493 e. The van der Waals surface area contributed by atoms with Gasteiger partial charge in [0.25, 0.3) is 0 Å². The van der Waals surface area contributed by atoms with E-state index in [0.29, 0.717) is 24.7 Å². The van der Waals surface area contributed by atoms with Gasteiger partial charge < -0.3 is 15.0 Å². The van der Waals surface area contributed by atoms with Crippen LogP contribution in [0.15, 0.2) is 28.8 Å². The van der Waals surface area contributed by atoms with Gasteiger partial charge in [0, 0.05) is 12.0 Å². The summed E-state index contributed by atoms with van der Waals surface area (Å²) in [5.74, 6) is 2.39. The zero-order chi connectivity index (χ0) is 14.2. The molecule has 1 aliphatic rings. The van der Waals surface area contributed by atoms with Gasteiger partial charge >= 0.3 is 0 Å². The van der Waals surface area contributed by atoms with Crippen LogP contribution in [0.5, 0.6) is 5.75 Å². The van der Waals surface area contributed by atoms with E-state index in [1.165, 1.54) is 5.56 Å². The Kier molecular flexibility index (Phi) is 3.22. The predicted molar refractivity (Wildman–Crippen MR) is 74.7 cm³/mol. The molecule has 1 aromatic heterocycles. The molecule has 3 rings (SSSR count). The van der Waals surface area contributed by atoms with Crippen LogP contribution in [0.25, 0.3) is 0 Å². The third-order valence-corrected chi connectivity index (χ3v) is 3.33. The molecule has 0 saturated carbocycles. The van der Waals surface area contributed by atoms with Crippen molar-refractivity contribution in [2.45, 2.75) is 38.1 Å². The summed E-state index contributed by atoms with van der Waals surface area (Å²) in [4.78, 5) is 4.45. The number of hydrogen-bond donors (Lipinski definition) is 1. The highest BCUT2D eigenvalue weighted by Gasteiger charge is 2.26. The molecule has 2 heterocycles. The van der Waals surface area contributed by atoms with Gasteiger partial charge in [0.2, 0.25) is 5.89 Å². The first-order valence-electron chi connectivity index (χ1n) is 6.83.